The molecule has 0 aromatic carbocycles. The first-order valence-corrected chi connectivity index (χ1v) is 11.0. The number of thiocarbonyl (C=S) groups is 1. The third-order valence-corrected chi connectivity index (χ3v) is 7.24. The van der Waals surface area contributed by atoms with Gasteiger partial charge in [-0.15, -0.1) is 33.3 Å². The zero-order chi connectivity index (χ0) is 22.5. The van der Waals surface area contributed by atoms with Crippen LogP contribution < -0.4 is 44.8 Å². The predicted molar refractivity (Wildman–Crippen MR) is 108 cm³/mol. The van der Waals surface area contributed by atoms with Gasteiger partial charge in [0.1, 0.15) is 5.37 Å². The summed E-state index contributed by atoms with van der Waals surface area (Å²) in [5.41, 5.74) is -1.73. The molecule has 0 bridgehead atoms. The molecule has 162 valence electrons. The minimum atomic E-state index is -1.62. The number of fused-ring (bicyclic) bond motifs is 1. The van der Waals surface area contributed by atoms with Crippen molar-refractivity contribution in [2.24, 2.45) is 0 Å². The van der Waals surface area contributed by atoms with Crippen molar-refractivity contribution in [1.82, 2.24) is 25.1 Å². The normalized spacial score (nSPS) is 22.0. The summed E-state index contributed by atoms with van der Waals surface area (Å²) >= 11 is 7.13. The Morgan fingerprint density at radius 1 is 1.53 bits per heavy atom. The van der Waals surface area contributed by atoms with E-state index in [-0.39, 0.29) is 69.6 Å². The smallest absolute Gasteiger partial charge is 0.543 e. The summed E-state index contributed by atoms with van der Waals surface area (Å²) in [4.78, 5) is 38.3. The van der Waals surface area contributed by atoms with Gasteiger partial charge in [-0.05, 0) is 0 Å². The number of carbonyl (C=O) groups is 3. The standard InChI is InChI=1S/C16H14N6O6S3.Na/c1-6-19-20-11(28-6)8-4-30-14-16(5-29,13(26)21(14)10(8)12(24)25)18-9(23)2-7-3-31-15(17)22(7)27;/h3,5,14,17,27H,2,4H2,1H3,(H,18,23)(H,24,25);/q;+1/p-1/t14-,16?;/m0./s1. The summed E-state index contributed by atoms with van der Waals surface area (Å²) in [7, 11) is 0. The Balaban J connectivity index is 0.00000289. The van der Waals surface area contributed by atoms with Crippen LogP contribution in [0.3, 0.4) is 0 Å². The number of rotatable bonds is 6. The van der Waals surface area contributed by atoms with Crippen LogP contribution in [-0.2, 0) is 20.8 Å². The van der Waals surface area contributed by atoms with Crippen LogP contribution in [0.2, 0.25) is 0 Å². The monoisotopic (exact) mass is 504 g/mol. The van der Waals surface area contributed by atoms with Crippen LogP contribution in [0.15, 0.2) is 15.5 Å². The van der Waals surface area contributed by atoms with Crippen molar-refractivity contribution in [2.75, 3.05) is 5.75 Å². The van der Waals surface area contributed by atoms with E-state index in [2.05, 4.69) is 15.5 Å². The van der Waals surface area contributed by atoms with E-state index in [1.54, 1.807) is 6.92 Å². The van der Waals surface area contributed by atoms with E-state index in [1.165, 1.54) is 17.1 Å². The molecule has 2 aromatic heterocycles. The number of nitrogens with one attached hydrogen (secondary N) is 2. The summed E-state index contributed by atoms with van der Waals surface area (Å²) in [5.74, 6) is -2.68. The van der Waals surface area contributed by atoms with E-state index in [0.717, 1.165) is 21.6 Å². The third kappa shape index (κ3) is 3.82. The molecule has 32 heavy (non-hydrogen) atoms. The number of amides is 2. The number of thioether (sulfide) groups is 1. The third-order valence-electron chi connectivity index (χ3n) is 4.73. The Labute approximate surface area is 215 Å². The van der Waals surface area contributed by atoms with Gasteiger partial charge in [0.25, 0.3) is 5.91 Å². The summed E-state index contributed by atoms with van der Waals surface area (Å²) in [5, 5.41) is 40.8. The van der Waals surface area contributed by atoms with Crippen LogP contribution in [0, 0.1) is 12.3 Å². The van der Waals surface area contributed by atoms with Crippen molar-refractivity contribution < 1.29 is 58.7 Å². The molecule has 1 saturated heterocycles. The first kappa shape index (κ1) is 24.6. The molecule has 4 rings (SSSR count). The van der Waals surface area contributed by atoms with Crippen molar-refractivity contribution in [3.05, 3.63) is 33.4 Å². The maximum absolute atomic E-state index is 13.0. The molecule has 0 radical (unpaired) electrons. The fourth-order valence-electron chi connectivity index (χ4n) is 3.32. The van der Waals surface area contributed by atoms with Crippen molar-refractivity contribution in [2.45, 2.75) is 24.3 Å². The van der Waals surface area contributed by atoms with Gasteiger partial charge in [0, 0.05) is 23.4 Å². The van der Waals surface area contributed by atoms with Gasteiger partial charge in [0.15, 0.2) is 5.54 Å². The van der Waals surface area contributed by atoms with Crippen molar-refractivity contribution in [3.8, 4) is 0 Å². The molecule has 2 aliphatic heterocycles. The molecule has 2 atom stereocenters. The van der Waals surface area contributed by atoms with Crippen LogP contribution >= 0.6 is 35.3 Å². The number of aliphatic carboxylic acids is 1. The summed E-state index contributed by atoms with van der Waals surface area (Å²) in [6.45, 7) is 1.54. The molecule has 12 nitrogen and oxygen atoms in total. The number of nitrogens with zero attached hydrogens (tertiary/aromatic N) is 4. The Bertz CT molecular complexity index is 1220. The molecule has 1 unspecified atom stereocenters. The van der Waals surface area contributed by atoms with Gasteiger partial charge in [-0.3, -0.25) is 19.9 Å². The number of carboxylic acids is 1. The van der Waals surface area contributed by atoms with Gasteiger partial charge >= 0.3 is 29.6 Å². The van der Waals surface area contributed by atoms with E-state index in [4.69, 9.17) is 22.0 Å². The molecule has 0 aliphatic carbocycles. The number of carbonyl (C=O) groups excluding carboxylic acids is 3. The molecule has 2 aliphatic rings. The van der Waals surface area contributed by atoms with Crippen molar-refractivity contribution >= 4 is 64.0 Å². The van der Waals surface area contributed by atoms with Crippen molar-refractivity contribution in [3.63, 3.8) is 0 Å². The fourth-order valence-corrected chi connectivity index (χ4v) is 5.76. The molecule has 16 heteroatoms. The molecule has 4 heterocycles. The minimum absolute atomic E-state index is 0. The Morgan fingerprint density at radius 2 is 2.25 bits per heavy atom. The van der Waals surface area contributed by atoms with E-state index >= 15 is 0 Å². The first-order chi connectivity index (χ1) is 14.7. The van der Waals surface area contributed by atoms with E-state index in [0.29, 0.717) is 4.73 Å². The van der Waals surface area contributed by atoms with Crippen LogP contribution in [0.1, 0.15) is 17.5 Å². The predicted octanol–water partition coefficient (Wildman–Crippen LogP) is -4.56. The zero-order valence-corrected chi connectivity index (χ0v) is 21.1. The first-order valence-electron chi connectivity index (χ1n) is 8.60. The largest absolute Gasteiger partial charge is 1.00 e. The Kier molecular flexibility index (Phi) is 6.97. The molecular weight excluding hydrogens is 491 g/mol. The number of thiazole rings is 1. The maximum Gasteiger partial charge on any atom is 1.00 e. The van der Waals surface area contributed by atoms with Crippen LogP contribution in [0.4, 0.5) is 0 Å². The summed E-state index contributed by atoms with van der Waals surface area (Å²) < 4.78 is 5.87. The minimum Gasteiger partial charge on any atom is -0.543 e. The number of aryl methyl sites for hydroxylation is 1. The number of aromatic nitrogens is 3. The quantitative estimate of drug-likeness (QED) is 0.150. The van der Waals surface area contributed by atoms with Crippen molar-refractivity contribution in [1.29, 1.82) is 5.41 Å². The van der Waals surface area contributed by atoms with Gasteiger partial charge < -0.3 is 24.8 Å². The van der Waals surface area contributed by atoms with Gasteiger partial charge in [-0.25, -0.2) is 0 Å². The van der Waals surface area contributed by atoms with Crippen LogP contribution in [-0.4, -0.2) is 64.9 Å². The molecule has 3 N–H and O–H groups in total. The molecule has 2 amide bonds. The second-order valence-electron chi connectivity index (χ2n) is 6.64. The number of hydrogen-bond donors (Lipinski definition) is 3. The molecule has 2 aromatic rings. The summed E-state index contributed by atoms with van der Waals surface area (Å²) in [6.07, 6.45) is -0.308. The topological polar surface area (TPSA) is 177 Å². The Hall–Kier alpha value is -2.04. The van der Waals surface area contributed by atoms with Crippen LogP contribution in [0.25, 0.3) is 5.57 Å². The van der Waals surface area contributed by atoms with E-state index < -0.39 is 34.4 Å². The average molecular weight is 505 g/mol. The molecule has 0 spiro atoms. The molecule has 1 fully saturated rings. The summed E-state index contributed by atoms with van der Waals surface area (Å²) in [6, 6.07) is 0. The van der Waals surface area contributed by atoms with E-state index in [9.17, 15) is 24.7 Å². The Morgan fingerprint density at radius 3 is 2.78 bits per heavy atom. The second kappa shape index (κ2) is 9.07. The fraction of sp³-hybridized carbons (Fsp3) is 0.312. The van der Waals surface area contributed by atoms with Gasteiger partial charge in [-0.1, -0.05) is 12.2 Å². The molecule has 0 saturated carbocycles. The van der Waals surface area contributed by atoms with E-state index in [1.807, 2.05) is 0 Å². The molecular formula is C16H13N6NaO6S3. The van der Waals surface area contributed by atoms with Crippen LogP contribution in [0.5, 0.6) is 0 Å². The second-order valence-corrected chi connectivity index (χ2v) is 8.80. The SMILES string of the molecule is Cc1nnc(C2=C(C(=O)[O-])N3C(=O)C(C=S)(NC(=O)Cc4csc(=N)n4O)[C@@H]3SC2)o1.[Na+]. The zero-order valence-electron chi connectivity index (χ0n) is 16.6. The van der Waals surface area contributed by atoms with Gasteiger partial charge in [0.2, 0.25) is 22.5 Å². The maximum atomic E-state index is 13.0. The number of β-lactam (4-membered cyclic amide) rings is 1. The van der Waals surface area contributed by atoms with Gasteiger partial charge in [-0.2, -0.15) is 4.73 Å². The average Bonchev–Trinajstić information content (AvgIpc) is 3.31. The number of carboxylic acid groups (broad SMARTS) is 1. The number of hydrogen-bond acceptors (Lipinski definition) is 12. The van der Waals surface area contributed by atoms with Gasteiger partial charge in [0.05, 0.1) is 29.4 Å².